The Balaban J connectivity index is 1.95. The van der Waals surface area contributed by atoms with Crippen LogP contribution in [0.3, 0.4) is 0 Å². The first-order valence-electron chi connectivity index (χ1n) is 6.77. The molecule has 21 heavy (non-hydrogen) atoms. The predicted octanol–water partition coefficient (Wildman–Crippen LogP) is 3.41. The van der Waals surface area contributed by atoms with Gasteiger partial charge in [0.25, 0.3) is 5.91 Å². The third-order valence-electron chi connectivity index (χ3n) is 3.03. The normalized spacial score (nSPS) is 11.6. The molecule has 0 unspecified atom stereocenters. The van der Waals surface area contributed by atoms with Crippen molar-refractivity contribution in [2.45, 2.75) is 20.0 Å². The van der Waals surface area contributed by atoms with Gasteiger partial charge in [0.1, 0.15) is 11.5 Å². The van der Waals surface area contributed by atoms with Gasteiger partial charge in [0, 0.05) is 5.69 Å². The van der Waals surface area contributed by atoms with Gasteiger partial charge in [0.05, 0.1) is 7.11 Å². The van der Waals surface area contributed by atoms with Crippen LogP contribution in [-0.4, -0.2) is 19.1 Å². The third-order valence-corrected chi connectivity index (χ3v) is 3.03. The highest BCUT2D eigenvalue weighted by molar-refractivity contribution is 5.94. The second-order valence-electron chi connectivity index (χ2n) is 4.79. The van der Waals surface area contributed by atoms with Gasteiger partial charge in [-0.3, -0.25) is 4.79 Å². The van der Waals surface area contributed by atoms with Crippen molar-refractivity contribution in [1.29, 1.82) is 0 Å². The Hall–Kier alpha value is -2.49. The lowest BCUT2D eigenvalue weighted by atomic mass is 10.2. The fourth-order valence-electron chi connectivity index (χ4n) is 1.88. The number of anilines is 1. The van der Waals surface area contributed by atoms with Crippen LogP contribution in [0.25, 0.3) is 0 Å². The molecule has 1 atom stereocenters. The highest BCUT2D eigenvalue weighted by Crippen LogP contribution is 2.18. The zero-order chi connectivity index (χ0) is 15.2. The van der Waals surface area contributed by atoms with Crippen molar-refractivity contribution in [3.63, 3.8) is 0 Å². The Labute approximate surface area is 124 Å². The van der Waals surface area contributed by atoms with E-state index >= 15 is 0 Å². The van der Waals surface area contributed by atoms with Gasteiger partial charge in [-0.25, -0.2) is 0 Å². The molecular weight excluding hydrogens is 266 g/mol. The molecular formula is C17H19NO3. The molecule has 0 saturated carbocycles. The summed E-state index contributed by atoms with van der Waals surface area (Å²) < 4.78 is 10.7. The molecule has 2 aromatic carbocycles. The first kappa shape index (κ1) is 14.9. The SMILES string of the molecule is COc1ccc(O[C@@H](C)C(=O)Nc2cccc(C)c2)cc1. The van der Waals surface area contributed by atoms with Crippen LogP contribution in [0.5, 0.6) is 11.5 Å². The topological polar surface area (TPSA) is 47.6 Å². The minimum Gasteiger partial charge on any atom is -0.497 e. The molecule has 1 amide bonds. The molecule has 1 N–H and O–H groups in total. The van der Waals surface area contributed by atoms with Gasteiger partial charge < -0.3 is 14.8 Å². The molecule has 4 nitrogen and oxygen atoms in total. The molecule has 0 saturated heterocycles. The Morgan fingerprint density at radius 1 is 1.10 bits per heavy atom. The lowest BCUT2D eigenvalue weighted by Gasteiger charge is -2.15. The minimum absolute atomic E-state index is 0.184. The molecule has 0 aliphatic rings. The van der Waals surface area contributed by atoms with Crippen LogP contribution in [-0.2, 0) is 4.79 Å². The van der Waals surface area contributed by atoms with Gasteiger partial charge in [0.15, 0.2) is 6.10 Å². The van der Waals surface area contributed by atoms with E-state index in [1.165, 1.54) is 0 Å². The number of hydrogen-bond donors (Lipinski definition) is 1. The van der Waals surface area contributed by atoms with Gasteiger partial charge in [-0.1, -0.05) is 12.1 Å². The molecule has 0 fully saturated rings. The van der Waals surface area contributed by atoms with Crippen molar-refractivity contribution in [3.8, 4) is 11.5 Å². The van der Waals surface area contributed by atoms with E-state index < -0.39 is 6.10 Å². The fourth-order valence-corrected chi connectivity index (χ4v) is 1.88. The summed E-state index contributed by atoms with van der Waals surface area (Å²) in [5.41, 5.74) is 1.86. The molecule has 0 spiro atoms. The Morgan fingerprint density at radius 2 is 1.76 bits per heavy atom. The van der Waals surface area contributed by atoms with E-state index in [4.69, 9.17) is 9.47 Å². The van der Waals surface area contributed by atoms with E-state index in [0.717, 1.165) is 17.0 Å². The molecule has 110 valence electrons. The van der Waals surface area contributed by atoms with Gasteiger partial charge in [-0.15, -0.1) is 0 Å². The van der Waals surface area contributed by atoms with E-state index in [0.29, 0.717) is 5.75 Å². The summed E-state index contributed by atoms with van der Waals surface area (Å²) >= 11 is 0. The monoisotopic (exact) mass is 285 g/mol. The molecule has 0 bridgehead atoms. The van der Waals surface area contributed by atoms with Crippen LogP contribution < -0.4 is 14.8 Å². The summed E-state index contributed by atoms with van der Waals surface area (Å²) in [7, 11) is 1.60. The summed E-state index contributed by atoms with van der Waals surface area (Å²) in [5.74, 6) is 1.19. The molecule has 2 aromatic rings. The van der Waals surface area contributed by atoms with Crippen molar-refractivity contribution >= 4 is 11.6 Å². The van der Waals surface area contributed by atoms with Crippen LogP contribution in [0.2, 0.25) is 0 Å². The smallest absolute Gasteiger partial charge is 0.265 e. The summed E-state index contributed by atoms with van der Waals surface area (Å²) in [6.45, 7) is 3.70. The molecule has 0 aliphatic heterocycles. The van der Waals surface area contributed by atoms with Crippen LogP contribution >= 0.6 is 0 Å². The summed E-state index contributed by atoms with van der Waals surface area (Å²) in [4.78, 5) is 12.1. The number of aryl methyl sites for hydroxylation is 1. The molecule has 0 aromatic heterocycles. The highest BCUT2D eigenvalue weighted by atomic mass is 16.5. The lowest BCUT2D eigenvalue weighted by Crippen LogP contribution is -2.30. The summed E-state index contributed by atoms with van der Waals surface area (Å²) in [5, 5.41) is 2.84. The van der Waals surface area contributed by atoms with Crippen LogP contribution in [0.15, 0.2) is 48.5 Å². The second kappa shape index (κ2) is 6.79. The first-order valence-corrected chi connectivity index (χ1v) is 6.77. The first-order chi connectivity index (χ1) is 10.1. The maximum absolute atomic E-state index is 12.1. The number of hydrogen-bond acceptors (Lipinski definition) is 3. The Bertz CT molecular complexity index is 608. The fraction of sp³-hybridized carbons (Fsp3) is 0.235. The molecule has 2 rings (SSSR count). The minimum atomic E-state index is -0.584. The van der Waals surface area contributed by atoms with Crippen molar-refractivity contribution in [2.75, 3.05) is 12.4 Å². The number of nitrogens with one attached hydrogen (secondary N) is 1. The highest BCUT2D eigenvalue weighted by Gasteiger charge is 2.14. The number of methoxy groups -OCH3 is 1. The summed E-state index contributed by atoms with van der Waals surface area (Å²) in [6.07, 6.45) is -0.584. The van der Waals surface area contributed by atoms with E-state index in [-0.39, 0.29) is 5.91 Å². The zero-order valence-electron chi connectivity index (χ0n) is 12.4. The standard InChI is InChI=1S/C17H19NO3/c1-12-5-4-6-14(11-12)18-17(19)13(2)21-16-9-7-15(20-3)8-10-16/h4-11,13H,1-3H3,(H,18,19)/t13-/m0/s1. The summed E-state index contributed by atoms with van der Waals surface area (Å²) in [6, 6.07) is 14.8. The maximum Gasteiger partial charge on any atom is 0.265 e. The molecule has 0 aliphatic carbocycles. The van der Waals surface area contributed by atoms with Gasteiger partial charge >= 0.3 is 0 Å². The maximum atomic E-state index is 12.1. The molecule has 4 heteroatoms. The van der Waals surface area contributed by atoms with Crippen molar-refractivity contribution < 1.29 is 14.3 Å². The molecule has 0 radical (unpaired) electrons. The average molecular weight is 285 g/mol. The van der Waals surface area contributed by atoms with E-state index in [1.54, 1.807) is 38.3 Å². The quantitative estimate of drug-likeness (QED) is 0.915. The zero-order valence-corrected chi connectivity index (χ0v) is 12.4. The van der Waals surface area contributed by atoms with Gasteiger partial charge in [-0.2, -0.15) is 0 Å². The number of ether oxygens (including phenoxy) is 2. The van der Waals surface area contributed by atoms with Crippen molar-refractivity contribution in [2.24, 2.45) is 0 Å². The van der Waals surface area contributed by atoms with Crippen LogP contribution in [0, 0.1) is 6.92 Å². The van der Waals surface area contributed by atoms with Crippen LogP contribution in [0.4, 0.5) is 5.69 Å². The van der Waals surface area contributed by atoms with Gasteiger partial charge in [-0.05, 0) is 55.8 Å². The van der Waals surface area contributed by atoms with Crippen LogP contribution in [0.1, 0.15) is 12.5 Å². The van der Waals surface area contributed by atoms with E-state index in [9.17, 15) is 4.79 Å². The van der Waals surface area contributed by atoms with Crippen molar-refractivity contribution in [1.82, 2.24) is 0 Å². The van der Waals surface area contributed by atoms with Crippen molar-refractivity contribution in [3.05, 3.63) is 54.1 Å². The largest absolute Gasteiger partial charge is 0.497 e. The lowest BCUT2D eigenvalue weighted by molar-refractivity contribution is -0.122. The third kappa shape index (κ3) is 4.24. The number of benzene rings is 2. The average Bonchev–Trinajstić information content (AvgIpc) is 2.48. The Morgan fingerprint density at radius 3 is 2.38 bits per heavy atom. The van der Waals surface area contributed by atoms with Gasteiger partial charge in [0.2, 0.25) is 0 Å². The number of rotatable bonds is 5. The molecule has 0 heterocycles. The second-order valence-corrected chi connectivity index (χ2v) is 4.79. The number of amides is 1. The Kier molecular flexibility index (Phi) is 4.82. The van der Waals surface area contributed by atoms with E-state index in [2.05, 4.69) is 5.32 Å². The number of carbonyl (C=O) groups excluding carboxylic acids is 1. The van der Waals surface area contributed by atoms with E-state index in [1.807, 2.05) is 31.2 Å². The number of carbonyl (C=O) groups is 1. The predicted molar refractivity (Wildman–Crippen MR) is 82.9 cm³/mol.